The van der Waals surface area contributed by atoms with E-state index >= 15 is 0 Å². The molecular weight excluding hydrogens is 303 g/mol. The van der Waals surface area contributed by atoms with Crippen LogP contribution >= 0.6 is 11.6 Å². The van der Waals surface area contributed by atoms with E-state index in [1.807, 2.05) is 0 Å². The molecule has 112 valence electrons. The second-order valence-corrected chi connectivity index (χ2v) is 5.10. The molecule has 0 spiro atoms. The van der Waals surface area contributed by atoms with Gasteiger partial charge in [0.1, 0.15) is 0 Å². The van der Waals surface area contributed by atoms with Gasteiger partial charge in [0.25, 0.3) is 0 Å². The Morgan fingerprint density at radius 2 is 1.71 bits per heavy atom. The summed E-state index contributed by atoms with van der Waals surface area (Å²) < 4.78 is 38.3. The summed E-state index contributed by atoms with van der Waals surface area (Å²) in [6, 6.07) is 3.52. The van der Waals surface area contributed by atoms with E-state index in [1.165, 1.54) is 6.07 Å². The predicted molar refractivity (Wildman–Crippen MR) is 76.0 cm³/mol. The summed E-state index contributed by atoms with van der Waals surface area (Å²) in [6.45, 7) is 5.27. The first-order chi connectivity index (χ1) is 9.70. The number of alkyl halides is 3. The van der Waals surface area contributed by atoms with E-state index in [0.717, 1.165) is 23.3 Å². The molecule has 0 aliphatic carbocycles. The summed E-state index contributed by atoms with van der Waals surface area (Å²) in [7, 11) is 0. The van der Waals surface area contributed by atoms with Crippen LogP contribution in [0.4, 0.5) is 24.7 Å². The molecule has 1 N–H and O–H groups in total. The van der Waals surface area contributed by atoms with Crippen molar-refractivity contribution in [2.24, 2.45) is 0 Å². The second-order valence-electron chi connectivity index (χ2n) is 4.74. The zero-order chi connectivity index (χ0) is 15.8. The van der Waals surface area contributed by atoms with Gasteiger partial charge in [0.05, 0.1) is 5.56 Å². The van der Waals surface area contributed by atoms with Crippen molar-refractivity contribution < 1.29 is 13.2 Å². The summed E-state index contributed by atoms with van der Waals surface area (Å²) in [4.78, 5) is 0. The maximum Gasteiger partial charge on any atom is 0.416 e. The summed E-state index contributed by atoms with van der Waals surface area (Å²) in [5.74, 6) is 0.388. The molecule has 2 rings (SSSR count). The van der Waals surface area contributed by atoms with Crippen LogP contribution in [0.25, 0.3) is 0 Å². The zero-order valence-electron chi connectivity index (χ0n) is 11.6. The fourth-order valence-corrected chi connectivity index (χ4v) is 1.94. The van der Waals surface area contributed by atoms with E-state index in [-0.39, 0.29) is 5.15 Å². The van der Waals surface area contributed by atoms with Crippen LogP contribution in [0.15, 0.2) is 18.2 Å². The van der Waals surface area contributed by atoms with Crippen molar-refractivity contribution in [3.8, 4) is 0 Å². The Labute approximate surface area is 125 Å². The predicted octanol–water partition coefficient (Wildman–Crippen LogP) is 4.82. The fraction of sp³-hybridized carbons (Fsp3) is 0.286. The molecule has 0 fully saturated rings. The van der Waals surface area contributed by atoms with E-state index in [0.29, 0.717) is 17.1 Å². The standard InChI is InChI=1S/C14H13ClF3N3/c1-7-4-5-10(14(16,17)18)6-11(7)19-13-9(3)8(2)12(15)20-21-13/h4-6H,1-3H3,(H,19,21). The Balaban J connectivity index is 2.42. The van der Waals surface area contributed by atoms with Gasteiger partial charge in [-0.2, -0.15) is 13.2 Å². The quantitative estimate of drug-likeness (QED) is 0.863. The van der Waals surface area contributed by atoms with Crippen molar-refractivity contribution in [2.45, 2.75) is 26.9 Å². The van der Waals surface area contributed by atoms with Gasteiger partial charge in [0, 0.05) is 5.69 Å². The van der Waals surface area contributed by atoms with Crippen molar-refractivity contribution in [1.82, 2.24) is 10.2 Å². The number of anilines is 2. The van der Waals surface area contributed by atoms with Crippen LogP contribution in [0.2, 0.25) is 5.15 Å². The third kappa shape index (κ3) is 3.26. The van der Waals surface area contributed by atoms with Gasteiger partial charge in [-0.3, -0.25) is 0 Å². The minimum absolute atomic E-state index is 0.277. The molecule has 0 saturated carbocycles. The molecule has 0 aliphatic rings. The summed E-state index contributed by atoms with van der Waals surface area (Å²) in [5, 5.41) is 10.8. The number of nitrogens with one attached hydrogen (secondary N) is 1. The second kappa shape index (κ2) is 5.52. The number of hydrogen-bond donors (Lipinski definition) is 1. The first-order valence-electron chi connectivity index (χ1n) is 6.14. The van der Waals surface area contributed by atoms with E-state index in [2.05, 4.69) is 15.5 Å². The molecule has 0 amide bonds. The molecule has 1 heterocycles. The Morgan fingerprint density at radius 1 is 1.05 bits per heavy atom. The lowest BCUT2D eigenvalue weighted by Gasteiger charge is -2.14. The molecule has 21 heavy (non-hydrogen) atoms. The fourth-order valence-electron chi connectivity index (χ4n) is 1.76. The molecule has 0 radical (unpaired) electrons. The molecular formula is C14H13ClF3N3. The van der Waals surface area contributed by atoms with Gasteiger partial charge < -0.3 is 5.32 Å². The van der Waals surface area contributed by atoms with Crippen LogP contribution in [0, 0.1) is 20.8 Å². The average molecular weight is 316 g/mol. The highest BCUT2D eigenvalue weighted by atomic mass is 35.5. The van der Waals surface area contributed by atoms with Crippen molar-refractivity contribution in [3.05, 3.63) is 45.6 Å². The van der Waals surface area contributed by atoms with Crippen molar-refractivity contribution in [1.29, 1.82) is 0 Å². The van der Waals surface area contributed by atoms with E-state index < -0.39 is 11.7 Å². The van der Waals surface area contributed by atoms with Crippen molar-refractivity contribution in [2.75, 3.05) is 5.32 Å². The zero-order valence-corrected chi connectivity index (χ0v) is 12.4. The highest BCUT2D eigenvalue weighted by Gasteiger charge is 2.30. The lowest BCUT2D eigenvalue weighted by atomic mass is 10.1. The first-order valence-corrected chi connectivity index (χ1v) is 6.52. The molecule has 0 aliphatic heterocycles. The first kappa shape index (κ1) is 15.6. The summed E-state index contributed by atoms with van der Waals surface area (Å²) in [6.07, 6.45) is -4.39. The monoisotopic (exact) mass is 315 g/mol. The minimum Gasteiger partial charge on any atom is -0.338 e. The van der Waals surface area contributed by atoms with Gasteiger partial charge in [0.15, 0.2) is 11.0 Å². The largest absolute Gasteiger partial charge is 0.416 e. The molecule has 0 bridgehead atoms. The molecule has 2 aromatic rings. The van der Waals surface area contributed by atoms with Crippen molar-refractivity contribution >= 4 is 23.1 Å². The van der Waals surface area contributed by atoms with Crippen LogP contribution in [0.5, 0.6) is 0 Å². The Hall–Kier alpha value is -1.82. The van der Waals surface area contributed by atoms with Crippen LogP contribution in [-0.4, -0.2) is 10.2 Å². The van der Waals surface area contributed by atoms with Gasteiger partial charge in [-0.1, -0.05) is 17.7 Å². The number of nitrogens with zero attached hydrogens (tertiary/aromatic N) is 2. The molecule has 1 aromatic carbocycles. The maximum atomic E-state index is 12.8. The molecule has 0 saturated heterocycles. The van der Waals surface area contributed by atoms with Gasteiger partial charge in [-0.25, -0.2) is 0 Å². The van der Waals surface area contributed by atoms with Crippen LogP contribution in [0.3, 0.4) is 0 Å². The number of aromatic nitrogens is 2. The van der Waals surface area contributed by atoms with Crippen LogP contribution in [-0.2, 0) is 6.18 Å². The molecule has 3 nitrogen and oxygen atoms in total. The van der Waals surface area contributed by atoms with E-state index in [1.54, 1.807) is 20.8 Å². The smallest absolute Gasteiger partial charge is 0.338 e. The van der Waals surface area contributed by atoms with E-state index in [9.17, 15) is 13.2 Å². The molecule has 1 aromatic heterocycles. The third-order valence-electron chi connectivity index (χ3n) is 3.28. The maximum absolute atomic E-state index is 12.8. The number of rotatable bonds is 2. The van der Waals surface area contributed by atoms with Crippen molar-refractivity contribution in [3.63, 3.8) is 0 Å². The highest BCUT2D eigenvalue weighted by Crippen LogP contribution is 2.33. The Kier molecular flexibility index (Phi) is 4.09. The average Bonchev–Trinajstić information content (AvgIpc) is 2.40. The van der Waals surface area contributed by atoms with Crippen LogP contribution in [0.1, 0.15) is 22.3 Å². The Bertz CT molecular complexity index is 684. The third-order valence-corrected chi connectivity index (χ3v) is 3.64. The number of aryl methyl sites for hydroxylation is 1. The minimum atomic E-state index is -4.39. The Morgan fingerprint density at radius 3 is 2.33 bits per heavy atom. The number of halogens is 4. The normalized spacial score (nSPS) is 11.6. The van der Waals surface area contributed by atoms with Gasteiger partial charge >= 0.3 is 6.18 Å². The molecule has 7 heteroatoms. The van der Waals surface area contributed by atoms with Gasteiger partial charge in [-0.15, -0.1) is 10.2 Å². The SMILES string of the molecule is Cc1ccc(C(F)(F)F)cc1Nc1nnc(Cl)c(C)c1C. The molecule has 0 atom stereocenters. The van der Waals surface area contributed by atoms with Gasteiger partial charge in [-0.05, 0) is 49.6 Å². The van der Waals surface area contributed by atoms with E-state index in [4.69, 9.17) is 11.6 Å². The topological polar surface area (TPSA) is 37.8 Å². The van der Waals surface area contributed by atoms with Gasteiger partial charge in [0.2, 0.25) is 0 Å². The summed E-state index contributed by atoms with van der Waals surface area (Å²) >= 11 is 5.86. The molecule has 0 unspecified atom stereocenters. The lowest BCUT2D eigenvalue weighted by Crippen LogP contribution is -2.07. The summed E-state index contributed by atoms with van der Waals surface area (Å²) in [5.41, 5.74) is 1.78. The number of benzene rings is 1. The highest BCUT2D eigenvalue weighted by molar-refractivity contribution is 6.30. The van der Waals surface area contributed by atoms with Crippen LogP contribution < -0.4 is 5.32 Å². The lowest BCUT2D eigenvalue weighted by molar-refractivity contribution is -0.137. The number of hydrogen-bond acceptors (Lipinski definition) is 3.